The number of aryl methyl sites for hydroxylation is 4. The maximum Gasteiger partial charge on any atom is 0.266 e. The molecule has 0 saturated heterocycles. The van der Waals surface area contributed by atoms with E-state index in [9.17, 15) is 8.42 Å². The van der Waals surface area contributed by atoms with Crippen molar-refractivity contribution in [1.82, 2.24) is 20.4 Å². The monoisotopic (exact) mass is 372 g/mol. The minimum atomic E-state index is -3.78. The quantitative estimate of drug-likeness (QED) is 0.635. The Kier molecular flexibility index (Phi) is 4.64. The summed E-state index contributed by atoms with van der Waals surface area (Å²) in [7, 11) is -3.78. The molecule has 0 bridgehead atoms. The predicted octanol–water partition coefficient (Wildman–Crippen LogP) is 2.98. The van der Waals surface area contributed by atoms with Crippen LogP contribution in [0, 0.1) is 27.7 Å². The van der Waals surface area contributed by atoms with Crippen LogP contribution >= 0.6 is 0 Å². The van der Waals surface area contributed by atoms with Crippen molar-refractivity contribution in [2.75, 3.05) is 10.0 Å². The second-order valence-electron chi connectivity index (χ2n) is 6.17. The zero-order chi connectivity index (χ0) is 18.9. The molecule has 0 aliphatic heterocycles. The molecule has 0 unspecified atom stereocenters. The van der Waals surface area contributed by atoms with Gasteiger partial charge in [-0.05, 0) is 63.1 Å². The third-order valence-electron chi connectivity index (χ3n) is 3.73. The van der Waals surface area contributed by atoms with Crippen molar-refractivity contribution in [2.24, 2.45) is 0 Å². The Morgan fingerprint density at radius 1 is 0.923 bits per heavy atom. The summed E-state index contributed by atoms with van der Waals surface area (Å²) in [5.41, 5.74) is 4.04. The van der Waals surface area contributed by atoms with E-state index in [1.807, 2.05) is 26.0 Å². The van der Waals surface area contributed by atoms with Crippen LogP contribution in [0.2, 0.25) is 0 Å². The number of benzene rings is 1. The van der Waals surface area contributed by atoms with Gasteiger partial charge in [-0.1, -0.05) is 6.07 Å². The number of aromatic nitrogens is 4. The first-order chi connectivity index (χ1) is 12.2. The van der Waals surface area contributed by atoms with Crippen LogP contribution in [0.4, 0.5) is 17.3 Å². The molecule has 2 aromatic heterocycles. The highest BCUT2D eigenvalue weighted by Gasteiger charge is 2.22. The maximum absolute atomic E-state index is 12.5. The zero-order valence-corrected chi connectivity index (χ0v) is 15.8. The molecule has 3 aromatic rings. The summed E-state index contributed by atoms with van der Waals surface area (Å²) in [6.45, 7) is 7.31. The van der Waals surface area contributed by atoms with Crippen molar-refractivity contribution >= 4 is 27.3 Å². The van der Waals surface area contributed by atoms with Crippen LogP contribution in [-0.4, -0.2) is 28.8 Å². The van der Waals surface area contributed by atoms with Crippen molar-refractivity contribution in [1.29, 1.82) is 0 Å². The Morgan fingerprint density at radius 2 is 1.54 bits per heavy atom. The molecule has 0 aliphatic carbocycles. The van der Waals surface area contributed by atoms with Crippen molar-refractivity contribution < 1.29 is 8.42 Å². The maximum atomic E-state index is 12.5. The molecule has 0 amide bonds. The van der Waals surface area contributed by atoms with E-state index in [0.29, 0.717) is 17.2 Å². The van der Waals surface area contributed by atoms with Gasteiger partial charge in [-0.2, -0.15) is 5.10 Å². The summed E-state index contributed by atoms with van der Waals surface area (Å²) in [5, 5.41) is 17.7. The SMILES string of the molecule is Cc1cc(C)cc(Nc2ccc(NS(=O)(=O)c3c(C)n[nH]c3C)nn2)c1. The smallest absolute Gasteiger partial charge is 0.266 e. The van der Waals surface area contributed by atoms with E-state index in [1.54, 1.807) is 26.0 Å². The van der Waals surface area contributed by atoms with Crippen LogP contribution < -0.4 is 10.0 Å². The number of sulfonamides is 1. The molecular formula is C17H20N6O2S. The number of hydrogen-bond donors (Lipinski definition) is 3. The summed E-state index contributed by atoms with van der Waals surface area (Å²) in [6, 6.07) is 9.29. The molecule has 3 N–H and O–H groups in total. The van der Waals surface area contributed by atoms with E-state index in [2.05, 4.69) is 36.5 Å². The fourth-order valence-corrected chi connectivity index (χ4v) is 4.14. The van der Waals surface area contributed by atoms with Crippen LogP contribution in [0.5, 0.6) is 0 Å². The molecule has 3 rings (SSSR count). The molecule has 0 spiro atoms. The summed E-state index contributed by atoms with van der Waals surface area (Å²) in [4.78, 5) is 0.122. The fourth-order valence-electron chi connectivity index (χ4n) is 2.77. The molecule has 136 valence electrons. The number of H-pyrrole nitrogens is 1. The van der Waals surface area contributed by atoms with Gasteiger partial charge in [0.15, 0.2) is 11.6 Å². The first-order valence-corrected chi connectivity index (χ1v) is 9.46. The van der Waals surface area contributed by atoms with E-state index in [1.165, 1.54) is 0 Å². The highest BCUT2D eigenvalue weighted by Crippen LogP contribution is 2.21. The third kappa shape index (κ3) is 3.83. The molecule has 0 radical (unpaired) electrons. The van der Waals surface area contributed by atoms with Gasteiger partial charge in [-0.3, -0.25) is 9.82 Å². The largest absolute Gasteiger partial charge is 0.339 e. The highest BCUT2D eigenvalue weighted by molar-refractivity contribution is 7.92. The van der Waals surface area contributed by atoms with Gasteiger partial charge in [0, 0.05) is 5.69 Å². The van der Waals surface area contributed by atoms with Crippen LogP contribution in [0.25, 0.3) is 0 Å². The van der Waals surface area contributed by atoms with Gasteiger partial charge < -0.3 is 5.32 Å². The van der Waals surface area contributed by atoms with Crippen molar-refractivity contribution in [3.8, 4) is 0 Å². The van der Waals surface area contributed by atoms with Gasteiger partial charge in [-0.25, -0.2) is 8.42 Å². The molecular weight excluding hydrogens is 352 g/mol. The lowest BCUT2D eigenvalue weighted by molar-refractivity contribution is 0.600. The number of rotatable bonds is 5. The normalized spacial score (nSPS) is 11.4. The molecule has 0 fully saturated rings. The third-order valence-corrected chi connectivity index (χ3v) is 5.34. The molecule has 0 aliphatic rings. The van der Waals surface area contributed by atoms with Crippen LogP contribution in [0.3, 0.4) is 0 Å². The van der Waals surface area contributed by atoms with Gasteiger partial charge in [0.05, 0.1) is 11.4 Å². The minimum absolute atomic E-state index is 0.122. The number of nitrogens with one attached hydrogen (secondary N) is 3. The molecule has 9 heteroatoms. The summed E-state index contributed by atoms with van der Waals surface area (Å²) < 4.78 is 27.4. The van der Waals surface area contributed by atoms with E-state index in [4.69, 9.17) is 0 Å². The van der Waals surface area contributed by atoms with Gasteiger partial charge in [0.1, 0.15) is 4.90 Å². The van der Waals surface area contributed by atoms with E-state index in [-0.39, 0.29) is 10.7 Å². The van der Waals surface area contributed by atoms with Gasteiger partial charge in [-0.15, -0.1) is 10.2 Å². The first kappa shape index (κ1) is 17.9. The Morgan fingerprint density at radius 3 is 2.08 bits per heavy atom. The van der Waals surface area contributed by atoms with E-state index >= 15 is 0 Å². The average molecular weight is 372 g/mol. The Bertz CT molecular complexity index is 1000. The molecule has 0 saturated carbocycles. The number of anilines is 3. The van der Waals surface area contributed by atoms with E-state index < -0.39 is 10.0 Å². The predicted molar refractivity (Wildman–Crippen MR) is 100 cm³/mol. The Hall–Kier alpha value is -2.94. The zero-order valence-electron chi connectivity index (χ0n) is 15.0. The number of aromatic amines is 1. The number of hydrogen-bond acceptors (Lipinski definition) is 6. The first-order valence-electron chi connectivity index (χ1n) is 7.98. The Labute approximate surface area is 152 Å². The molecule has 8 nitrogen and oxygen atoms in total. The van der Waals surface area contributed by atoms with Crippen LogP contribution in [-0.2, 0) is 10.0 Å². The second-order valence-corrected chi connectivity index (χ2v) is 7.79. The molecule has 2 heterocycles. The summed E-state index contributed by atoms with van der Waals surface area (Å²) in [6.07, 6.45) is 0. The van der Waals surface area contributed by atoms with Gasteiger partial charge in [0.25, 0.3) is 10.0 Å². The summed E-state index contributed by atoms with van der Waals surface area (Å²) in [5.74, 6) is 0.657. The summed E-state index contributed by atoms with van der Waals surface area (Å²) >= 11 is 0. The minimum Gasteiger partial charge on any atom is -0.339 e. The fraction of sp³-hybridized carbons (Fsp3) is 0.235. The molecule has 0 atom stereocenters. The van der Waals surface area contributed by atoms with Crippen LogP contribution in [0.1, 0.15) is 22.5 Å². The molecule has 26 heavy (non-hydrogen) atoms. The Balaban J connectivity index is 1.77. The van der Waals surface area contributed by atoms with Crippen molar-refractivity contribution in [2.45, 2.75) is 32.6 Å². The highest BCUT2D eigenvalue weighted by atomic mass is 32.2. The van der Waals surface area contributed by atoms with Gasteiger partial charge >= 0.3 is 0 Å². The van der Waals surface area contributed by atoms with Crippen molar-refractivity contribution in [3.05, 3.63) is 52.8 Å². The van der Waals surface area contributed by atoms with Crippen molar-refractivity contribution in [3.63, 3.8) is 0 Å². The van der Waals surface area contributed by atoms with Gasteiger partial charge in [0.2, 0.25) is 0 Å². The lowest BCUT2D eigenvalue weighted by Gasteiger charge is -2.09. The topological polar surface area (TPSA) is 113 Å². The lowest BCUT2D eigenvalue weighted by Crippen LogP contribution is -2.16. The lowest BCUT2D eigenvalue weighted by atomic mass is 10.1. The second kappa shape index (κ2) is 6.75. The molecule has 1 aromatic carbocycles. The standard InChI is InChI=1S/C17H20N6O2S/c1-10-7-11(2)9-14(8-10)18-15-5-6-16(22-21-15)23-26(24,25)17-12(3)19-20-13(17)4/h5-9H,1-4H3,(H,18,21)(H,19,20)(H,22,23). The number of nitrogens with zero attached hydrogens (tertiary/aromatic N) is 3. The average Bonchev–Trinajstić information content (AvgIpc) is 2.87. The van der Waals surface area contributed by atoms with Crippen LogP contribution in [0.15, 0.2) is 35.2 Å². The van der Waals surface area contributed by atoms with E-state index in [0.717, 1.165) is 16.8 Å².